The zero-order chi connectivity index (χ0) is 47.8. The molecule has 9 heteroatoms. The van der Waals surface area contributed by atoms with Crippen LogP contribution < -0.4 is 0 Å². The Labute approximate surface area is 405 Å². The van der Waals surface area contributed by atoms with Crippen LogP contribution in [0.4, 0.5) is 0 Å². The smallest absolute Gasteiger partial charge is 0.306 e. The van der Waals surface area contributed by atoms with Crippen LogP contribution in [-0.4, -0.2) is 89.6 Å². The summed E-state index contributed by atoms with van der Waals surface area (Å²) < 4.78 is 22.9. The van der Waals surface area contributed by atoms with Gasteiger partial charge in [-0.3, -0.25) is 4.79 Å². The molecule has 0 saturated carbocycles. The Bertz CT molecular complexity index is 1200. The topological polar surface area (TPSA) is 135 Å². The third-order valence-corrected chi connectivity index (χ3v) is 12.4. The molecule has 1 saturated heterocycles. The molecule has 1 aliphatic heterocycles. The maximum atomic E-state index is 12.9. The Morgan fingerprint density at radius 1 is 0.500 bits per heavy atom. The molecule has 0 spiro atoms. The number of esters is 1. The molecule has 0 amide bonds. The van der Waals surface area contributed by atoms with Crippen LogP contribution in [0.15, 0.2) is 60.8 Å². The minimum absolute atomic E-state index is 0.116. The fourth-order valence-corrected chi connectivity index (χ4v) is 8.19. The molecule has 1 aliphatic rings. The van der Waals surface area contributed by atoms with Gasteiger partial charge in [-0.2, -0.15) is 0 Å². The highest BCUT2D eigenvalue weighted by Gasteiger charge is 2.44. The van der Waals surface area contributed by atoms with Crippen LogP contribution in [0.3, 0.4) is 0 Å². The van der Waals surface area contributed by atoms with Crippen molar-refractivity contribution in [2.75, 3.05) is 26.4 Å². The van der Waals surface area contributed by atoms with Crippen LogP contribution in [0.25, 0.3) is 0 Å². The molecule has 0 aromatic carbocycles. The first-order chi connectivity index (χ1) is 32.4. The van der Waals surface area contributed by atoms with Crippen molar-refractivity contribution < 1.29 is 44.2 Å². The molecular formula is C57H102O9. The van der Waals surface area contributed by atoms with Crippen LogP contribution >= 0.6 is 0 Å². The summed E-state index contributed by atoms with van der Waals surface area (Å²) in [5.41, 5.74) is 0. The predicted molar refractivity (Wildman–Crippen MR) is 274 cm³/mol. The monoisotopic (exact) mass is 931 g/mol. The lowest BCUT2D eigenvalue weighted by Crippen LogP contribution is -2.59. The number of rotatable bonds is 47. The van der Waals surface area contributed by atoms with Gasteiger partial charge >= 0.3 is 5.97 Å². The van der Waals surface area contributed by atoms with Gasteiger partial charge in [0.15, 0.2) is 6.29 Å². The van der Waals surface area contributed by atoms with Crippen LogP contribution in [0.5, 0.6) is 0 Å². The number of hydrogen-bond acceptors (Lipinski definition) is 9. The van der Waals surface area contributed by atoms with Crippen LogP contribution in [0, 0.1) is 0 Å². The summed E-state index contributed by atoms with van der Waals surface area (Å²) in [5, 5.41) is 40.3. The number of ether oxygens (including phenoxy) is 4. The summed E-state index contributed by atoms with van der Waals surface area (Å²) in [6, 6.07) is 0. The highest BCUT2D eigenvalue weighted by Crippen LogP contribution is 2.23. The normalized spacial score (nSPS) is 19.8. The van der Waals surface area contributed by atoms with Crippen molar-refractivity contribution in [1.82, 2.24) is 0 Å². The highest BCUT2D eigenvalue weighted by molar-refractivity contribution is 5.69. The van der Waals surface area contributed by atoms with E-state index in [9.17, 15) is 25.2 Å². The van der Waals surface area contributed by atoms with Crippen molar-refractivity contribution in [1.29, 1.82) is 0 Å². The number of allylic oxidation sites excluding steroid dienone is 10. The van der Waals surface area contributed by atoms with E-state index < -0.39 is 43.4 Å². The van der Waals surface area contributed by atoms with E-state index in [-0.39, 0.29) is 19.2 Å². The molecule has 0 bridgehead atoms. The Morgan fingerprint density at radius 3 is 1.41 bits per heavy atom. The maximum Gasteiger partial charge on any atom is 0.306 e. The number of hydrogen-bond donors (Lipinski definition) is 4. The van der Waals surface area contributed by atoms with Gasteiger partial charge in [0.1, 0.15) is 30.5 Å². The van der Waals surface area contributed by atoms with Gasteiger partial charge in [-0.05, 0) is 77.0 Å². The first kappa shape index (κ1) is 61.9. The molecule has 66 heavy (non-hydrogen) atoms. The summed E-state index contributed by atoms with van der Waals surface area (Å²) in [6.45, 7) is 4.46. The molecule has 1 rings (SSSR count). The second-order valence-corrected chi connectivity index (χ2v) is 18.6. The molecule has 4 N–H and O–H groups in total. The maximum absolute atomic E-state index is 12.9. The van der Waals surface area contributed by atoms with Gasteiger partial charge in [-0.25, -0.2) is 0 Å². The number of aliphatic hydroxyl groups excluding tert-OH is 4. The van der Waals surface area contributed by atoms with E-state index in [0.717, 1.165) is 64.2 Å². The first-order valence-electron chi connectivity index (χ1n) is 27.4. The first-order valence-corrected chi connectivity index (χ1v) is 27.4. The van der Waals surface area contributed by atoms with E-state index in [1.807, 2.05) is 0 Å². The Kier molecular flexibility index (Phi) is 45.0. The van der Waals surface area contributed by atoms with Gasteiger partial charge in [0.2, 0.25) is 0 Å². The molecule has 0 radical (unpaired) electrons. The van der Waals surface area contributed by atoms with Crippen molar-refractivity contribution in [3.63, 3.8) is 0 Å². The molecule has 0 aromatic rings. The van der Waals surface area contributed by atoms with Crippen molar-refractivity contribution in [3.05, 3.63) is 60.8 Å². The zero-order valence-electron chi connectivity index (χ0n) is 42.4. The molecular weight excluding hydrogens is 829 g/mol. The predicted octanol–water partition coefficient (Wildman–Crippen LogP) is 13.8. The van der Waals surface area contributed by atoms with E-state index in [2.05, 4.69) is 74.6 Å². The highest BCUT2D eigenvalue weighted by atomic mass is 16.7. The Balaban J connectivity index is 2.18. The second kappa shape index (κ2) is 47.9. The molecule has 1 heterocycles. The van der Waals surface area contributed by atoms with E-state index >= 15 is 0 Å². The van der Waals surface area contributed by atoms with Gasteiger partial charge in [-0.15, -0.1) is 0 Å². The molecule has 1 fully saturated rings. The summed E-state index contributed by atoms with van der Waals surface area (Å²) in [6.07, 6.45) is 55.4. The van der Waals surface area contributed by atoms with Gasteiger partial charge in [0.25, 0.3) is 0 Å². The zero-order valence-corrected chi connectivity index (χ0v) is 42.4. The number of carbonyl (C=O) groups is 1. The fourth-order valence-electron chi connectivity index (χ4n) is 8.19. The largest absolute Gasteiger partial charge is 0.457 e. The molecule has 6 unspecified atom stereocenters. The lowest BCUT2D eigenvalue weighted by atomic mass is 9.99. The van der Waals surface area contributed by atoms with E-state index in [0.29, 0.717) is 13.0 Å². The molecule has 0 aliphatic carbocycles. The third kappa shape index (κ3) is 37.8. The molecule has 9 nitrogen and oxygen atoms in total. The van der Waals surface area contributed by atoms with E-state index in [1.54, 1.807) is 0 Å². The molecule has 0 aromatic heterocycles. The van der Waals surface area contributed by atoms with Gasteiger partial charge in [-0.1, -0.05) is 209 Å². The van der Waals surface area contributed by atoms with Gasteiger partial charge in [0.05, 0.1) is 19.8 Å². The fraction of sp³-hybridized carbons (Fsp3) is 0.807. The summed E-state index contributed by atoms with van der Waals surface area (Å²) >= 11 is 0. The number of unbranched alkanes of at least 4 members (excludes halogenated alkanes) is 26. The average molecular weight is 931 g/mol. The minimum atomic E-state index is -1.54. The van der Waals surface area contributed by atoms with Gasteiger partial charge < -0.3 is 39.4 Å². The van der Waals surface area contributed by atoms with Crippen molar-refractivity contribution in [3.8, 4) is 0 Å². The second-order valence-electron chi connectivity index (χ2n) is 18.6. The third-order valence-electron chi connectivity index (χ3n) is 12.4. The van der Waals surface area contributed by atoms with Gasteiger partial charge in [0, 0.05) is 13.0 Å². The summed E-state index contributed by atoms with van der Waals surface area (Å²) in [5.74, 6) is -0.318. The summed E-state index contributed by atoms with van der Waals surface area (Å²) in [4.78, 5) is 12.9. The Hall–Kier alpha value is -2.11. The molecule has 384 valence electrons. The van der Waals surface area contributed by atoms with E-state index in [4.69, 9.17) is 18.9 Å². The Morgan fingerprint density at radius 2 is 0.924 bits per heavy atom. The van der Waals surface area contributed by atoms with Crippen molar-refractivity contribution in [2.24, 2.45) is 0 Å². The van der Waals surface area contributed by atoms with E-state index in [1.165, 1.54) is 148 Å². The van der Waals surface area contributed by atoms with Crippen LogP contribution in [-0.2, 0) is 23.7 Å². The van der Waals surface area contributed by atoms with Crippen molar-refractivity contribution in [2.45, 2.75) is 269 Å². The minimum Gasteiger partial charge on any atom is -0.457 e. The van der Waals surface area contributed by atoms with Crippen molar-refractivity contribution >= 4 is 5.97 Å². The standard InChI is InChI=1S/C57H102O9/c1-3-5-7-9-11-13-15-17-19-21-23-25-26-27-28-30-32-34-36-38-40-42-44-46-53(59)65-51(50-64-57-56(62)55(61)54(60)52(48-58)66-57)49-63-47-45-43-41-39-37-35-33-31-29-24-22-20-18-16-14-12-10-8-6-4-2/h5,7,11,13,17-20,23,25,51-52,54-58,60-62H,3-4,6,8-10,12,14-16,21-22,24,26-50H2,1-2H3/b7-5-,13-11-,19-17-,20-18-,25-23-. The number of carbonyl (C=O) groups excluding carboxylic acids is 1. The lowest BCUT2D eigenvalue weighted by Gasteiger charge is -2.39. The summed E-state index contributed by atoms with van der Waals surface area (Å²) in [7, 11) is 0. The lowest BCUT2D eigenvalue weighted by molar-refractivity contribution is -0.305. The average Bonchev–Trinajstić information content (AvgIpc) is 3.32. The van der Waals surface area contributed by atoms with Crippen LogP contribution in [0.1, 0.15) is 232 Å². The SMILES string of the molecule is CC/C=C\C/C=C\C/C=C\C/C=C\CCCCCCCCCCCCC(=O)OC(COCCCCCCCCCCCC/C=C\CCCCCCCC)COC1OC(CO)C(O)C(O)C1O. The molecule has 6 atom stereocenters. The van der Waals surface area contributed by atoms with Crippen LogP contribution in [0.2, 0.25) is 0 Å². The number of aliphatic hydroxyl groups is 4. The quantitative estimate of drug-likeness (QED) is 0.0267.